The number of ketones is 1. The van der Waals surface area contributed by atoms with E-state index in [9.17, 15) is 4.79 Å². The molecule has 2 heterocycles. The average molecular weight is 324 g/mol. The monoisotopic (exact) mass is 324 g/mol. The first-order valence-electron chi connectivity index (χ1n) is 7.51. The van der Waals surface area contributed by atoms with Crippen LogP contribution in [-0.4, -0.2) is 20.0 Å². The molecule has 2 aromatic carbocycles. The number of para-hydroxylation sites is 2. The fourth-order valence-electron chi connectivity index (χ4n) is 2.84. The maximum absolute atomic E-state index is 12.8. The minimum Gasteiger partial charge on any atom is -0.497 e. The quantitative estimate of drug-likeness (QED) is 0.904. The Balaban J connectivity index is 1.67. The van der Waals surface area contributed by atoms with Gasteiger partial charge >= 0.3 is 0 Å². The van der Waals surface area contributed by atoms with Crippen LogP contribution in [-0.2, 0) is 9.53 Å². The van der Waals surface area contributed by atoms with Crippen LogP contribution in [0.5, 0.6) is 11.5 Å². The van der Waals surface area contributed by atoms with Crippen molar-refractivity contribution in [2.75, 3.05) is 24.9 Å². The van der Waals surface area contributed by atoms with Crippen LogP contribution in [0.15, 0.2) is 54.0 Å². The van der Waals surface area contributed by atoms with Crippen LogP contribution in [0.3, 0.4) is 0 Å². The molecule has 0 saturated carbocycles. The van der Waals surface area contributed by atoms with Gasteiger partial charge in [-0.1, -0.05) is 12.1 Å². The third kappa shape index (κ3) is 2.23. The predicted molar refractivity (Wildman–Crippen MR) is 89.1 cm³/mol. The van der Waals surface area contributed by atoms with E-state index in [0.29, 0.717) is 28.6 Å². The molecule has 0 fully saturated rings. The lowest BCUT2D eigenvalue weighted by Gasteiger charge is -2.19. The summed E-state index contributed by atoms with van der Waals surface area (Å²) in [5.41, 5.74) is 2.82. The zero-order valence-electron chi connectivity index (χ0n) is 13.3. The third-order valence-corrected chi connectivity index (χ3v) is 4.06. The first-order chi connectivity index (χ1) is 11.7. The van der Waals surface area contributed by atoms with E-state index in [1.165, 1.54) is 0 Å². The number of carbonyl (C=O) groups excluding carboxylic acids is 1. The fraction of sp³-hybridized carbons (Fsp3) is 0.167. The second-order valence-electron chi connectivity index (χ2n) is 5.51. The van der Waals surface area contributed by atoms with Crippen LogP contribution in [0.25, 0.3) is 0 Å². The Morgan fingerprint density at radius 2 is 1.58 bits per heavy atom. The van der Waals surface area contributed by atoms with Gasteiger partial charge in [0.2, 0.25) is 11.7 Å². The Morgan fingerprint density at radius 1 is 0.958 bits per heavy atom. The number of rotatable bonds is 3. The van der Waals surface area contributed by atoms with Crippen molar-refractivity contribution in [2.24, 2.45) is 0 Å². The molecule has 0 radical (unpaired) electrons. The van der Waals surface area contributed by atoms with Gasteiger partial charge < -0.3 is 24.8 Å². The van der Waals surface area contributed by atoms with Crippen molar-refractivity contribution in [1.82, 2.24) is 0 Å². The van der Waals surface area contributed by atoms with Crippen LogP contribution in [0.2, 0.25) is 0 Å². The number of ether oxygens (including phenoxy) is 3. The van der Waals surface area contributed by atoms with Crippen molar-refractivity contribution in [3.8, 4) is 11.5 Å². The zero-order valence-corrected chi connectivity index (χ0v) is 13.3. The van der Waals surface area contributed by atoms with Gasteiger partial charge in [0, 0.05) is 11.6 Å². The fourth-order valence-corrected chi connectivity index (χ4v) is 2.84. The van der Waals surface area contributed by atoms with Gasteiger partial charge in [-0.05, 0) is 24.3 Å². The summed E-state index contributed by atoms with van der Waals surface area (Å²) in [4.78, 5) is 12.8. The van der Waals surface area contributed by atoms with Gasteiger partial charge in [0.15, 0.2) is 6.10 Å². The molecule has 0 aromatic heterocycles. The van der Waals surface area contributed by atoms with Crippen molar-refractivity contribution >= 4 is 17.2 Å². The van der Waals surface area contributed by atoms with Gasteiger partial charge in [-0.3, -0.25) is 4.79 Å². The highest BCUT2D eigenvalue weighted by atomic mass is 16.5. The highest BCUT2D eigenvalue weighted by molar-refractivity contribution is 6.06. The van der Waals surface area contributed by atoms with E-state index in [1.54, 1.807) is 32.4 Å². The molecule has 2 N–H and O–H groups in total. The van der Waals surface area contributed by atoms with E-state index in [1.807, 2.05) is 24.3 Å². The maximum atomic E-state index is 12.8. The first kappa shape index (κ1) is 14.4. The van der Waals surface area contributed by atoms with Crippen LogP contribution >= 0.6 is 0 Å². The first-order valence-corrected chi connectivity index (χ1v) is 7.51. The van der Waals surface area contributed by atoms with Crippen LogP contribution in [0, 0.1) is 0 Å². The summed E-state index contributed by atoms with van der Waals surface area (Å²) >= 11 is 0. The summed E-state index contributed by atoms with van der Waals surface area (Å²) in [6.07, 6.45) is -0.742. The summed E-state index contributed by atoms with van der Waals surface area (Å²) in [5.74, 6) is 1.51. The largest absolute Gasteiger partial charge is 0.497 e. The molecule has 0 aliphatic carbocycles. The van der Waals surface area contributed by atoms with E-state index in [2.05, 4.69) is 10.6 Å². The van der Waals surface area contributed by atoms with Crippen molar-refractivity contribution in [1.29, 1.82) is 0 Å². The number of Topliss-reactive ketones (excluding diaryl/α,β-unsaturated/α-hetero) is 1. The molecule has 2 aromatic rings. The molecule has 24 heavy (non-hydrogen) atoms. The summed E-state index contributed by atoms with van der Waals surface area (Å²) < 4.78 is 16.4. The number of hydrogen-bond donors (Lipinski definition) is 2. The van der Waals surface area contributed by atoms with Crippen LogP contribution in [0.1, 0.15) is 11.7 Å². The molecule has 6 heteroatoms. The van der Waals surface area contributed by atoms with Crippen molar-refractivity contribution in [3.63, 3.8) is 0 Å². The molecule has 0 bridgehead atoms. The molecule has 2 aliphatic heterocycles. The summed E-state index contributed by atoms with van der Waals surface area (Å²) in [5, 5.41) is 6.30. The number of benzene rings is 2. The SMILES string of the molecule is COc1cc(OC)cc([C@@H]2OC3=C(Nc4ccccc4N3)C2=O)c1. The summed E-state index contributed by atoms with van der Waals surface area (Å²) in [7, 11) is 3.14. The molecule has 0 saturated heterocycles. The molecule has 0 unspecified atom stereocenters. The minimum absolute atomic E-state index is 0.137. The second-order valence-corrected chi connectivity index (χ2v) is 5.51. The smallest absolute Gasteiger partial charge is 0.229 e. The molecule has 6 nitrogen and oxygen atoms in total. The predicted octanol–water partition coefficient (Wildman–Crippen LogP) is 3.05. The number of anilines is 2. The van der Waals surface area contributed by atoms with Gasteiger partial charge in [0.1, 0.15) is 17.2 Å². The van der Waals surface area contributed by atoms with Gasteiger partial charge in [0.25, 0.3) is 0 Å². The summed E-state index contributed by atoms with van der Waals surface area (Å²) in [6.45, 7) is 0. The number of nitrogens with one attached hydrogen (secondary N) is 2. The molecule has 122 valence electrons. The standard InChI is InChI=1S/C18H16N2O4/c1-22-11-7-10(8-12(9-11)23-2)17-16(21)15-18(24-17)20-14-6-4-3-5-13(14)19-15/h3-9,17,19-20H,1-2H3/t17-/m0/s1. The molecule has 0 spiro atoms. The highest BCUT2D eigenvalue weighted by Gasteiger charge is 2.39. The Kier molecular flexibility index (Phi) is 3.30. The van der Waals surface area contributed by atoms with Gasteiger partial charge in [-0.2, -0.15) is 0 Å². The molecule has 1 atom stereocenters. The van der Waals surface area contributed by atoms with E-state index in [4.69, 9.17) is 14.2 Å². The Morgan fingerprint density at radius 3 is 2.21 bits per heavy atom. The Labute approximate surface area is 139 Å². The number of methoxy groups -OCH3 is 2. The van der Waals surface area contributed by atoms with E-state index in [0.717, 1.165) is 11.4 Å². The Bertz CT molecular complexity index is 838. The second kappa shape index (κ2) is 5.49. The van der Waals surface area contributed by atoms with Crippen molar-refractivity contribution < 1.29 is 19.0 Å². The third-order valence-electron chi connectivity index (χ3n) is 4.06. The maximum Gasteiger partial charge on any atom is 0.229 e. The molecular weight excluding hydrogens is 308 g/mol. The van der Waals surface area contributed by atoms with E-state index >= 15 is 0 Å². The highest BCUT2D eigenvalue weighted by Crippen LogP contribution is 2.40. The molecule has 4 rings (SSSR count). The van der Waals surface area contributed by atoms with Gasteiger partial charge in [0.05, 0.1) is 25.6 Å². The zero-order chi connectivity index (χ0) is 16.7. The lowest BCUT2D eigenvalue weighted by Crippen LogP contribution is -2.18. The van der Waals surface area contributed by atoms with Crippen molar-refractivity contribution in [3.05, 3.63) is 59.6 Å². The molecule has 2 aliphatic rings. The lowest BCUT2D eigenvalue weighted by molar-refractivity contribution is -0.121. The average Bonchev–Trinajstić information content (AvgIpc) is 2.95. The van der Waals surface area contributed by atoms with Gasteiger partial charge in [-0.25, -0.2) is 0 Å². The number of hydrogen-bond acceptors (Lipinski definition) is 6. The van der Waals surface area contributed by atoms with Gasteiger partial charge in [-0.15, -0.1) is 0 Å². The molecular formula is C18H16N2O4. The minimum atomic E-state index is -0.742. The van der Waals surface area contributed by atoms with Crippen molar-refractivity contribution in [2.45, 2.75) is 6.10 Å². The number of fused-ring (bicyclic) bond motifs is 1. The normalized spacial score (nSPS) is 18.1. The van der Waals surface area contributed by atoms with Crippen LogP contribution in [0.4, 0.5) is 11.4 Å². The van der Waals surface area contributed by atoms with E-state index < -0.39 is 6.10 Å². The van der Waals surface area contributed by atoms with Crippen LogP contribution < -0.4 is 20.1 Å². The topological polar surface area (TPSA) is 68.8 Å². The Hall–Kier alpha value is -3.15. The summed E-state index contributed by atoms with van der Waals surface area (Å²) in [6, 6.07) is 12.9. The number of carbonyl (C=O) groups is 1. The van der Waals surface area contributed by atoms with E-state index in [-0.39, 0.29) is 5.78 Å². The molecule has 0 amide bonds. The lowest BCUT2D eigenvalue weighted by atomic mass is 10.0.